The summed E-state index contributed by atoms with van der Waals surface area (Å²) in [6.45, 7) is 2.73. The molecular formula is C13H16ClN3S. The van der Waals surface area contributed by atoms with E-state index in [2.05, 4.69) is 20.6 Å². The summed E-state index contributed by atoms with van der Waals surface area (Å²) in [7, 11) is 4.03. The largest absolute Gasteiger partial charge is 0.377 e. The monoisotopic (exact) mass is 281 g/mol. The molecule has 0 radical (unpaired) electrons. The number of halogens is 1. The van der Waals surface area contributed by atoms with E-state index < -0.39 is 0 Å². The molecule has 3 nitrogen and oxygen atoms in total. The predicted molar refractivity (Wildman–Crippen MR) is 80.0 cm³/mol. The molecule has 1 N–H and O–H groups in total. The first-order chi connectivity index (χ1) is 8.56. The fourth-order valence-corrected chi connectivity index (χ4v) is 2.58. The summed E-state index contributed by atoms with van der Waals surface area (Å²) in [6, 6.07) is 5.85. The van der Waals surface area contributed by atoms with Crippen LogP contribution in [-0.2, 0) is 6.54 Å². The molecule has 0 aliphatic heterocycles. The lowest BCUT2D eigenvalue weighted by Crippen LogP contribution is -2.12. The van der Waals surface area contributed by atoms with Gasteiger partial charge in [0.1, 0.15) is 5.01 Å². The molecule has 0 unspecified atom stereocenters. The van der Waals surface area contributed by atoms with Crippen LogP contribution in [0.2, 0.25) is 5.02 Å². The first-order valence-corrected chi connectivity index (χ1v) is 6.94. The van der Waals surface area contributed by atoms with Crippen LogP contribution >= 0.6 is 22.9 Å². The maximum Gasteiger partial charge on any atom is 0.112 e. The topological polar surface area (TPSA) is 28.2 Å². The zero-order chi connectivity index (χ0) is 13.1. The minimum Gasteiger partial charge on any atom is -0.377 e. The van der Waals surface area contributed by atoms with Gasteiger partial charge in [0.2, 0.25) is 0 Å². The summed E-state index contributed by atoms with van der Waals surface area (Å²) >= 11 is 7.70. The summed E-state index contributed by atoms with van der Waals surface area (Å²) in [5, 5.41) is 7.26. The Labute approximate surface area is 116 Å². The molecule has 0 saturated carbocycles. The van der Waals surface area contributed by atoms with Gasteiger partial charge in [0.05, 0.1) is 17.9 Å². The maximum absolute atomic E-state index is 6.04. The summed E-state index contributed by atoms with van der Waals surface area (Å²) in [6.07, 6.45) is 0. The minimum atomic E-state index is 0.722. The SMILES string of the molecule is Cc1csc(CNc2cc(Cl)ccc2N(C)C)n1. The fraction of sp³-hybridized carbons (Fsp3) is 0.308. The second-order valence-corrected chi connectivity index (χ2v) is 5.67. The number of nitrogens with zero attached hydrogens (tertiary/aromatic N) is 2. The third-order valence-corrected chi connectivity index (χ3v) is 3.74. The smallest absolute Gasteiger partial charge is 0.112 e. The molecule has 0 fully saturated rings. The van der Waals surface area contributed by atoms with Gasteiger partial charge in [-0.25, -0.2) is 4.98 Å². The van der Waals surface area contributed by atoms with Crippen LogP contribution < -0.4 is 10.2 Å². The van der Waals surface area contributed by atoms with Gasteiger partial charge in [-0.1, -0.05) is 11.6 Å². The lowest BCUT2D eigenvalue weighted by molar-refractivity contribution is 1.06. The van der Waals surface area contributed by atoms with Crippen LogP contribution in [0.15, 0.2) is 23.6 Å². The van der Waals surface area contributed by atoms with Crippen molar-refractivity contribution >= 4 is 34.3 Å². The first kappa shape index (κ1) is 13.2. The van der Waals surface area contributed by atoms with Gasteiger partial charge in [-0.2, -0.15) is 0 Å². The van der Waals surface area contributed by atoms with Gasteiger partial charge in [-0.05, 0) is 25.1 Å². The number of hydrogen-bond acceptors (Lipinski definition) is 4. The van der Waals surface area contributed by atoms with Gasteiger partial charge >= 0.3 is 0 Å². The Hall–Kier alpha value is -1.26. The summed E-state index contributed by atoms with van der Waals surface area (Å²) < 4.78 is 0. The second-order valence-electron chi connectivity index (χ2n) is 4.29. The molecular weight excluding hydrogens is 266 g/mol. The van der Waals surface area contributed by atoms with Crippen LogP contribution in [0.4, 0.5) is 11.4 Å². The third kappa shape index (κ3) is 3.15. The lowest BCUT2D eigenvalue weighted by Gasteiger charge is -2.18. The Morgan fingerprint density at radius 3 is 2.78 bits per heavy atom. The quantitative estimate of drug-likeness (QED) is 0.924. The van der Waals surface area contributed by atoms with Crippen LogP contribution in [-0.4, -0.2) is 19.1 Å². The van der Waals surface area contributed by atoms with Gasteiger partial charge in [0.25, 0.3) is 0 Å². The van der Waals surface area contributed by atoms with Crippen molar-refractivity contribution in [1.29, 1.82) is 0 Å². The zero-order valence-electron chi connectivity index (χ0n) is 10.7. The Morgan fingerprint density at radius 1 is 1.39 bits per heavy atom. The average Bonchev–Trinajstić information content (AvgIpc) is 2.72. The molecule has 1 aromatic heterocycles. The first-order valence-electron chi connectivity index (χ1n) is 5.68. The number of thiazole rings is 1. The number of aryl methyl sites for hydroxylation is 1. The van der Waals surface area contributed by atoms with E-state index in [0.29, 0.717) is 0 Å². The molecule has 0 atom stereocenters. The third-order valence-electron chi connectivity index (χ3n) is 2.54. The molecule has 1 heterocycles. The molecule has 5 heteroatoms. The lowest BCUT2D eigenvalue weighted by atomic mass is 10.2. The van der Waals surface area contributed by atoms with Crippen molar-refractivity contribution in [2.24, 2.45) is 0 Å². The summed E-state index contributed by atoms with van der Waals surface area (Å²) in [5.74, 6) is 0. The highest BCUT2D eigenvalue weighted by Gasteiger charge is 2.06. The molecule has 2 rings (SSSR count). The van der Waals surface area contributed by atoms with Crippen molar-refractivity contribution < 1.29 is 0 Å². The van der Waals surface area contributed by atoms with E-state index in [4.69, 9.17) is 11.6 Å². The van der Waals surface area contributed by atoms with E-state index in [1.807, 2.05) is 39.2 Å². The molecule has 0 amide bonds. The second kappa shape index (κ2) is 5.59. The highest BCUT2D eigenvalue weighted by atomic mass is 35.5. The molecule has 0 spiro atoms. The molecule has 18 heavy (non-hydrogen) atoms. The Kier molecular flexibility index (Phi) is 4.09. The molecule has 1 aromatic carbocycles. The van der Waals surface area contributed by atoms with Crippen molar-refractivity contribution in [3.05, 3.63) is 39.3 Å². The van der Waals surface area contributed by atoms with E-state index in [1.54, 1.807) is 11.3 Å². The Morgan fingerprint density at radius 2 is 2.17 bits per heavy atom. The molecule has 96 valence electrons. The number of nitrogens with one attached hydrogen (secondary N) is 1. The normalized spacial score (nSPS) is 10.4. The van der Waals surface area contributed by atoms with Gasteiger partial charge < -0.3 is 10.2 Å². The van der Waals surface area contributed by atoms with E-state index >= 15 is 0 Å². The number of aromatic nitrogens is 1. The average molecular weight is 282 g/mol. The summed E-state index contributed by atoms with van der Waals surface area (Å²) in [4.78, 5) is 6.49. The molecule has 0 bridgehead atoms. The highest BCUT2D eigenvalue weighted by Crippen LogP contribution is 2.28. The van der Waals surface area contributed by atoms with E-state index in [1.165, 1.54) is 0 Å². The van der Waals surface area contributed by atoms with Crippen LogP contribution in [0.5, 0.6) is 0 Å². The maximum atomic E-state index is 6.04. The molecule has 0 aliphatic carbocycles. The van der Waals surface area contributed by atoms with E-state index in [9.17, 15) is 0 Å². The van der Waals surface area contributed by atoms with Gasteiger partial charge in [-0.3, -0.25) is 0 Å². The van der Waals surface area contributed by atoms with E-state index in [0.717, 1.165) is 33.6 Å². The Bertz CT molecular complexity index is 537. The van der Waals surface area contributed by atoms with Crippen molar-refractivity contribution in [3.8, 4) is 0 Å². The number of benzene rings is 1. The Balaban J connectivity index is 2.15. The molecule has 2 aromatic rings. The van der Waals surface area contributed by atoms with Gasteiger partial charge in [0, 0.05) is 30.2 Å². The van der Waals surface area contributed by atoms with Crippen molar-refractivity contribution in [2.75, 3.05) is 24.3 Å². The summed E-state index contributed by atoms with van der Waals surface area (Å²) in [5.41, 5.74) is 3.21. The number of rotatable bonds is 4. The highest BCUT2D eigenvalue weighted by molar-refractivity contribution is 7.09. The van der Waals surface area contributed by atoms with Crippen molar-refractivity contribution in [1.82, 2.24) is 4.98 Å². The molecule has 0 saturated heterocycles. The van der Waals surface area contributed by atoms with Gasteiger partial charge in [0.15, 0.2) is 0 Å². The van der Waals surface area contributed by atoms with Crippen LogP contribution in [0, 0.1) is 6.92 Å². The van der Waals surface area contributed by atoms with Crippen LogP contribution in [0.3, 0.4) is 0 Å². The van der Waals surface area contributed by atoms with Crippen LogP contribution in [0.1, 0.15) is 10.7 Å². The van der Waals surface area contributed by atoms with Gasteiger partial charge in [-0.15, -0.1) is 11.3 Å². The number of anilines is 2. The van der Waals surface area contributed by atoms with Crippen LogP contribution in [0.25, 0.3) is 0 Å². The minimum absolute atomic E-state index is 0.722. The van der Waals surface area contributed by atoms with Crippen molar-refractivity contribution in [3.63, 3.8) is 0 Å². The standard InChI is InChI=1S/C13H16ClN3S/c1-9-8-18-13(16-9)7-15-11-6-10(14)4-5-12(11)17(2)3/h4-6,8,15H,7H2,1-3H3. The van der Waals surface area contributed by atoms with E-state index in [-0.39, 0.29) is 0 Å². The predicted octanol–water partition coefficient (Wildman–Crippen LogP) is 3.78. The zero-order valence-corrected chi connectivity index (χ0v) is 12.3. The van der Waals surface area contributed by atoms with Crippen molar-refractivity contribution in [2.45, 2.75) is 13.5 Å². The number of hydrogen-bond donors (Lipinski definition) is 1. The molecule has 0 aliphatic rings. The fourth-order valence-electron chi connectivity index (χ4n) is 1.69.